The van der Waals surface area contributed by atoms with Crippen molar-refractivity contribution in [2.75, 3.05) is 0 Å². The molecular formula is C12H14N4OS. The molecule has 0 aromatic carbocycles. The van der Waals surface area contributed by atoms with Crippen LogP contribution in [0.2, 0.25) is 0 Å². The number of rotatable bonds is 4. The van der Waals surface area contributed by atoms with Crippen LogP contribution in [0.3, 0.4) is 0 Å². The van der Waals surface area contributed by atoms with E-state index < -0.39 is 0 Å². The van der Waals surface area contributed by atoms with Gasteiger partial charge in [-0.05, 0) is 25.8 Å². The monoisotopic (exact) mass is 262 g/mol. The van der Waals surface area contributed by atoms with Gasteiger partial charge in [-0.25, -0.2) is 9.97 Å². The molecular weight excluding hydrogens is 248 g/mol. The highest BCUT2D eigenvalue weighted by Gasteiger charge is 2.24. The average Bonchev–Trinajstić information content (AvgIpc) is 2.73. The van der Waals surface area contributed by atoms with Crippen molar-refractivity contribution in [3.05, 3.63) is 29.7 Å². The predicted octanol–water partition coefficient (Wildman–Crippen LogP) is 2.73. The third-order valence-electron chi connectivity index (χ3n) is 3.05. The summed E-state index contributed by atoms with van der Waals surface area (Å²) in [7, 11) is 0. The van der Waals surface area contributed by atoms with E-state index in [9.17, 15) is 0 Å². The maximum Gasteiger partial charge on any atom is 0.237 e. The summed E-state index contributed by atoms with van der Waals surface area (Å²) in [6.07, 6.45) is 5.42. The third-order valence-corrected chi connectivity index (χ3v) is 3.90. The topological polar surface area (TPSA) is 64.7 Å². The fourth-order valence-corrected chi connectivity index (χ4v) is 2.49. The summed E-state index contributed by atoms with van der Waals surface area (Å²) < 4.78 is 5.24. The van der Waals surface area contributed by atoms with Crippen molar-refractivity contribution in [2.45, 2.75) is 43.0 Å². The highest BCUT2D eigenvalue weighted by Crippen LogP contribution is 2.34. The van der Waals surface area contributed by atoms with Gasteiger partial charge in [-0.3, -0.25) is 0 Å². The van der Waals surface area contributed by atoms with Crippen molar-refractivity contribution >= 4 is 11.8 Å². The summed E-state index contributed by atoms with van der Waals surface area (Å²) in [5, 5.41) is 4.78. The number of aryl methyl sites for hydroxylation is 1. The molecule has 2 heterocycles. The molecule has 5 nitrogen and oxygen atoms in total. The molecule has 0 atom stereocenters. The van der Waals surface area contributed by atoms with Crippen LogP contribution in [0.4, 0.5) is 0 Å². The van der Waals surface area contributed by atoms with Gasteiger partial charge in [-0.15, -0.1) is 0 Å². The third kappa shape index (κ3) is 2.53. The SMILES string of the molecule is Cc1ccnc(SCc2nc(C3CCC3)no2)n1. The van der Waals surface area contributed by atoms with Crippen molar-refractivity contribution in [3.63, 3.8) is 0 Å². The molecule has 2 aromatic rings. The molecule has 1 aliphatic rings. The molecule has 0 aliphatic heterocycles. The van der Waals surface area contributed by atoms with Gasteiger partial charge in [0.25, 0.3) is 0 Å². The first kappa shape index (κ1) is 11.6. The number of nitrogens with zero attached hydrogens (tertiary/aromatic N) is 4. The molecule has 0 saturated heterocycles. The lowest BCUT2D eigenvalue weighted by atomic mass is 9.85. The lowest BCUT2D eigenvalue weighted by Gasteiger charge is -2.20. The van der Waals surface area contributed by atoms with Crippen molar-refractivity contribution < 1.29 is 4.52 Å². The van der Waals surface area contributed by atoms with Gasteiger partial charge < -0.3 is 4.52 Å². The Kier molecular flexibility index (Phi) is 3.27. The van der Waals surface area contributed by atoms with Gasteiger partial charge in [-0.1, -0.05) is 23.3 Å². The minimum Gasteiger partial charge on any atom is -0.338 e. The van der Waals surface area contributed by atoms with E-state index in [0.29, 0.717) is 17.6 Å². The molecule has 94 valence electrons. The highest BCUT2D eigenvalue weighted by molar-refractivity contribution is 7.98. The Morgan fingerprint density at radius 2 is 2.28 bits per heavy atom. The van der Waals surface area contributed by atoms with Crippen LogP contribution < -0.4 is 0 Å². The maximum absolute atomic E-state index is 5.24. The molecule has 2 aromatic heterocycles. The molecule has 0 bridgehead atoms. The fourth-order valence-electron chi connectivity index (χ4n) is 1.78. The molecule has 1 aliphatic carbocycles. The van der Waals surface area contributed by atoms with Crippen LogP contribution in [-0.4, -0.2) is 20.1 Å². The molecule has 1 saturated carbocycles. The average molecular weight is 262 g/mol. The van der Waals surface area contributed by atoms with Crippen molar-refractivity contribution in [1.29, 1.82) is 0 Å². The van der Waals surface area contributed by atoms with Gasteiger partial charge >= 0.3 is 0 Å². The zero-order chi connectivity index (χ0) is 12.4. The number of aromatic nitrogens is 4. The van der Waals surface area contributed by atoms with Crippen LogP contribution in [0.5, 0.6) is 0 Å². The Morgan fingerprint density at radius 1 is 1.39 bits per heavy atom. The minimum atomic E-state index is 0.516. The van der Waals surface area contributed by atoms with Crippen LogP contribution >= 0.6 is 11.8 Å². The second kappa shape index (κ2) is 5.06. The quantitative estimate of drug-likeness (QED) is 0.623. The Morgan fingerprint density at radius 3 is 3.00 bits per heavy atom. The zero-order valence-electron chi connectivity index (χ0n) is 10.2. The summed E-state index contributed by atoms with van der Waals surface area (Å²) in [5.41, 5.74) is 0.966. The summed E-state index contributed by atoms with van der Waals surface area (Å²) in [6, 6.07) is 1.88. The van der Waals surface area contributed by atoms with E-state index in [2.05, 4.69) is 20.1 Å². The number of hydrogen-bond donors (Lipinski definition) is 0. The molecule has 3 rings (SSSR count). The van der Waals surface area contributed by atoms with Crippen molar-refractivity contribution in [3.8, 4) is 0 Å². The van der Waals surface area contributed by atoms with E-state index in [0.717, 1.165) is 16.7 Å². The second-order valence-electron chi connectivity index (χ2n) is 4.44. The summed E-state index contributed by atoms with van der Waals surface area (Å²) >= 11 is 1.52. The van der Waals surface area contributed by atoms with Crippen LogP contribution in [-0.2, 0) is 5.75 Å². The Hall–Kier alpha value is -1.43. The molecule has 0 amide bonds. The molecule has 0 unspecified atom stereocenters. The number of thioether (sulfide) groups is 1. The zero-order valence-corrected chi connectivity index (χ0v) is 11.0. The lowest BCUT2D eigenvalue weighted by Crippen LogP contribution is -2.10. The first-order valence-electron chi connectivity index (χ1n) is 6.06. The summed E-state index contributed by atoms with van der Waals surface area (Å²) in [5.74, 6) is 2.67. The summed E-state index contributed by atoms with van der Waals surface area (Å²) in [6.45, 7) is 1.95. The smallest absolute Gasteiger partial charge is 0.237 e. The molecule has 6 heteroatoms. The van der Waals surface area contributed by atoms with Gasteiger partial charge in [-0.2, -0.15) is 4.98 Å². The fraction of sp³-hybridized carbons (Fsp3) is 0.500. The van der Waals surface area contributed by atoms with Gasteiger partial charge in [0.05, 0.1) is 5.75 Å². The van der Waals surface area contributed by atoms with Crippen LogP contribution in [0, 0.1) is 6.92 Å². The van der Waals surface area contributed by atoms with Crippen LogP contribution in [0.1, 0.15) is 42.6 Å². The maximum atomic E-state index is 5.24. The van der Waals surface area contributed by atoms with Crippen molar-refractivity contribution in [2.24, 2.45) is 0 Å². The van der Waals surface area contributed by atoms with E-state index >= 15 is 0 Å². The molecule has 0 N–H and O–H groups in total. The molecule has 0 radical (unpaired) electrons. The first-order valence-corrected chi connectivity index (χ1v) is 7.05. The highest BCUT2D eigenvalue weighted by atomic mass is 32.2. The standard InChI is InChI=1S/C12H14N4OS/c1-8-5-6-13-12(14-8)18-7-10-15-11(16-17-10)9-3-2-4-9/h5-6,9H,2-4,7H2,1H3. The van der Waals surface area contributed by atoms with Gasteiger partial charge in [0.2, 0.25) is 5.89 Å². The number of hydrogen-bond acceptors (Lipinski definition) is 6. The minimum absolute atomic E-state index is 0.516. The predicted molar refractivity (Wildman–Crippen MR) is 67.2 cm³/mol. The Bertz CT molecular complexity index is 538. The molecule has 18 heavy (non-hydrogen) atoms. The van der Waals surface area contributed by atoms with E-state index in [-0.39, 0.29) is 0 Å². The molecule has 1 fully saturated rings. The van der Waals surface area contributed by atoms with Crippen LogP contribution in [0.25, 0.3) is 0 Å². The second-order valence-corrected chi connectivity index (χ2v) is 5.39. The van der Waals surface area contributed by atoms with E-state index in [4.69, 9.17) is 4.52 Å². The lowest BCUT2D eigenvalue weighted by molar-refractivity contribution is 0.352. The van der Waals surface area contributed by atoms with E-state index in [1.807, 2.05) is 13.0 Å². The molecule has 0 spiro atoms. The van der Waals surface area contributed by atoms with E-state index in [1.54, 1.807) is 6.20 Å². The van der Waals surface area contributed by atoms with Gasteiger partial charge in [0, 0.05) is 17.8 Å². The van der Waals surface area contributed by atoms with Gasteiger partial charge in [0.1, 0.15) is 0 Å². The normalized spacial score (nSPS) is 15.6. The van der Waals surface area contributed by atoms with E-state index in [1.165, 1.54) is 31.0 Å². The van der Waals surface area contributed by atoms with Crippen molar-refractivity contribution in [1.82, 2.24) is 20.1 Å². The first-order chi connectivity index (χ1) is 8.81. The Balaban J connectivity index is 1.61. The largest absolute Gasteiger partial charge is 0.338 e. The summed E-state index contributed by atoms with van der Waals surface area (Å²) in [4.78, 5) is 12.9. The van der Waals surface area contributed by atoms with Gasteiger partial charge in [0.15, 0.2) is 11.0 Å². The van der Waals surface area contributed by atoms with Crippen LogP contribution in [0.15, 0.2) is 21.9 Å². The Labute approximate surface area is 109 Å².